The van der Waals surface area contributed by atoms with Gasteiger partial charge in [-0.25, -0.2) is 4.98 Å². The molecular weight excluding hydrogens is 192 g/mol. The minimum absolute atomic E-state index is 0.278. The van der Waals surface area contributed by atoms with Crippen LogP contribution in [0, 0.1) is 0 Å². The van der Waals surface area contributed by atoms with Crippen molar-refractivity contribution in [2.75, 3.05) is 7.11 Å². The molecule has 0 saturated heterocycles. The van der Waals surface area contributed by atoms with E-state index in [4.69, 9.17) is 4.74 Å². The van der Waals surface area contributed by atoms with Gasteiger partial charge >= 0.3 is 5.97 Å². The Balaban J connectivity index is 2.89. The maximum absolute atomic E-state index is 11.5. The fourth-order valence-corrected chi connectivity index (χ4v) is 1.42. The smallest absolute Gasteiger partial charge is 0.318 e. The molecule has 1 aromatic rings. The van der Waals surface area contributed by atoms with E-state index < -0.39 is 5.41 Å². The summed E-state index contributed by atoms with van der Waals surface area (Å²) in [5.74, 6) is 0.387. The molecular formula is C11H18N2O2. The molecule has 1 heterocycles. The molecule has 0 saturated carbocycles. The average Bonchev–Trinajstić information content (AvgIpc) is 2.66. The molecule has 0 bridgehead atoms. The highest BCUT2D eigenvalue weighted by Gasteiger charge is 2.33. The summed E-state index contributed by atoms with van der Waals surface area (Å²) < 4.78 is 4.74. The van der Waals surface area contributed by atoms with Crippen molar-refractivity contribution in [3.05, 3.63) is 17.7 Å². The molecule has 0 amide bonds. The molecule has 0 radical (unpaired) electrons. The van der Waals surface area contributed by atoms with Gasteiger partial charge in [0.25, 0.3) is 0 Å². The van der Waals surface area contributed by atoms with E-state index in [9.17, 15) is 4.79 Å². The lowest BCUT2D eigenvalue weighted by Crippen LogP contribution is -2.31. The fourth-order valence-electron chi connectivity index (χ4n) is 1.42. The summed E-state index contributed by atoms with van der Waals surface area (Å²) in [6, 6.07) is 0. The third-order valence-electron chi connectivity index (χ3n) is 2.44. The number of nitrogens with one attached hydrogen (secondary N) is 1. The Hall–Kier alpha value is -1.32. The monoisotopic (exact) mass is 210 g/mol. The summed E-state index contributed by atoms with van der Waals surface area (Å²) in [6.07, 6.45) is 3.79. The van der Waals surface area contributed by atoms with Crippen LogP contribution in [0.4, 0.5) is 0 Å². The highest BCUT2D eigenvalue weighted by molar-refractivity contribution is 5.80. The van der Waals surface area contributed by atoms with Crippen LogP contribution in [-0.2, 0) is 21.4 Å². The number of methoxy groups -OCH3 is 1. The summed E-state index contributed by atoms with van der Waals surface area (Å²) in [6.45, 7) is 5.70. The second-order valence-corrected chi connectivity index (χ2v) is 4.12. The Labute approximate surface area is 90.1 Å². The summed E-state index contributed by atoms with van der Waals surface area (Å²) in [5.41, 5.74) is 0.352. The number of nitrogens with zero attached hydrogens (tertiary/aromatic N) is 1. The van der Waals surface area contributed by atoms with E-state index in [1.807, 2.05) is 0 Å². The van der Waals surface area contributed by atoms with Crippen LogP contribution in [0.25, 0.3) is 0 Å². The molecule has 0 aromatic carbocycles. The third kappa shape index (κ3) is 2.37. The van der Waals surface area contributed by atoms with Gasteiger partial charge in [-0.2, -0.15) is 0 Å². The van der Waals surface area contributed by atoms with Crippen LogP contribution in [0.2, 0.25) is 0 Å². The number of hydrogen-bond acceptors (Lipinski definition) is 3. The predicted octanol–water partition coefficient (Wildman–Crippen LogP) is 1.81. The van der Waals surface area contributed by atoms with E-state index >= 15 is 0 Å². The molecule has 0 fully saturated rings. The number of esters is 1. The van der Waals surface area contributed by atoms with Gasteiger partial charge in [-0.05, 0) is 20.3 Å². The van der Waals surface area contributed by atoms with Crippen molar-refractivity contribution >= 4 is 5.97 Å². The molecule has 1 aromatic heterocycles. The van der Waals surface area contributed by atoms with Crippen molar-refractivity contribution in [3.8, 4) is 0 Å². The fraction of sp³-hybridized carbons (Fsp3) is 0.636. The van der Waals surface area contributed by atoms with Gasteiger partial charge in [-0.1, -0.05) is 13.3 Å². The standard InChI is InChI=1S/C11H18N2O2/c1-5-6-8-7-12-9(13-8)11(2,3)10(14)15-4/h7H,5-6H2,1-4H3,(H,12,13). The van der Waals surface area contributed by atoms with E-state index in [0.717, 1.165) is 18.5 Å². The average molecular weight is 210 g/mol. The third-order valence-corrected chi connectivity index (χ3v) is 2.44. The van der Waals surface area contributed by atoms with Crippen LogP contribution in [0.15, 0.2) is 6.20 Å². The van der Waals surface area contributed by atoms with Crippen LogP contribution < -0.4 is 0 Å². The Morgan fingerprint density at radius 1 is 1.60 bits per heavy atom. The van der Waals surface area contributed by atoms with Crippen molar-refractivity contribution in [1.29, 1.82) is 0 Å². The van der Waals surface area contributed by atoms with Crippen LogP contribution in [0.3, 0.4) is 0 Å². The Morgan fingerprint density at radius 3 is 2.80 bits per heavy atom. The normalized spacial score (nSPS) is 11.5. The number of rotatable bonds is 4. The summed E-state index contributed by atoms with van der Waals surface area (Å²) in [7, 11) is 1.39. The van der Waals surface area contributed by atoms with Crippen LogP contribution in [-0.4, -0.2) is 23.0 Å². The number of imidazole rings is 1. The lowest BCUT2D eigenvalue weighted by Gasteiger charge is -2.18. The van der Waals surface area contributed by atoms with Crippen molar-refractivity contribution in [3.63, 3.8) is 0 Å². The molecule has 1 N–H and O–H groups in total. The quantitative estimate of drug-likeness (QED) is 0.771. The summed E-state index contributed by atoms with van der Waals surface area (Å²) in [4.78, 5) is 18.9. The summed E-state index contributed by atoms with van der Waals surface area (Å²) in [5, 5.41) is 0. The molecule has 0 atom stereocenters. The minimum Gasteiger partial charge on any atom is -0.468 e. The van der Waals surface area contributed by atoms with E-state index in [1.54, 1.807) is 20.0 Å². The number of carbonyl (C=O) groups is 1. The zero-order valence-corrected chi connectivity index (χ0v) is 9.76. The first kappa shape index (κ1) is 11.8. The number of ether oxygens (including phenoxy) is 1. The highest BCUT2D eigenvalue weighted by atomic mass is 16.5. The maximum Gasteiger partial charge on any atom is 0.318 e. The van der Waals surface area contributed by atoms with Gasteiger partial charge in [0, 0.05) is 11.9 Å². The van der Waals surface area contributed by atoms with Gasteiger partial charge < -0.3 is 9.72 Å². The number of hydrogen-bond donors (Lipinski definition) is 1. The van der Waals surface area contributed by atoms with Crippen molar-refractivity contribution in [2.24, 2.45) is 0 Å². The van der Waals surface area contributed by atoms with E-state index in [1.165, 1.54) is 7.11 Å². The van der Waals surface area contributed by atoms with Crippen molar-refractivity contribution < 1.29 is 9.53 Å². The number of aromatic amines is 1. The van der Waals surface area contributed by atoms with E-state index in [0.29, 0.717) is 5.82 Å². The SMILES string of the molecule is CCCc1cnc(C(C)(C)C(=O)OC)[nH]1. The van der Waals surface area contributed by atoms with Crippen LogP contribution in [0.5, 0.6) is 0 Å². The molecule has 15 heavy (non-hydrogen) atoms. The second kappa shape index (κ2) is 4.47. The van der Waals surface area contributed by atoms with Crippen molar-refractivity contribution in [2.45, 2.75) is 39.0 Å². The van der Waals surface area contributed by atoms with Gasteiger partial charge in [0.1, 0.15) is 11.2 Å². The topological polar surface area (TPSA) is 55.0 Å². The molecule has 0 spiro atoms. The first-order valence-corrected chi connectivity index (χ1v) is 5.15. The number of aryl methyl sites for hydroxylation is 1. The molecule has 4 nitrogen and oxygen atoms in total. The molecule has 0 unspecified atom stereocenters. The Morgan fingerprint density at radius 2 is 2.27 bits per heavy atom. The first-order valence-electron chi connectivity index (χ1n) is 5.15. The number of carbonyl (C=O) groups excluding carboxylic acids is 1. The largest absolute Gasteiger partial charge is 0.468 e. The van der Waals surface area contributed by atoms with E-state index in [-0.39, 0.29) is 5.97 Å². The lowest BCUT2D eigenvalue weighted by atomic mass is 9.93. The van der Waals surface area contributed by atoms with Crippen LogP contribution in [0.1, 0.15) is 38.7 Å². The summed E-state index contributed by atoms with van der Waals surface area (Å²) >= 11 is 0. The highest BCUT2D eigenvalue weighted by Crippen LogP contribution is 2.21. The second-order valence-electron chi connectivity index (χ2n) is 4.12. The minimum atomic E-state index is -0.708. The molecule has 0 aliphatic carbocycles. The molecule has 0 aliphatic heterocycles. The van der Waals surface area contributed by atoms with Gasteiger partial charge in [0.2, 0.25) is 0 Å². The number of aromatic nitrogens is 2. The molecule has 84 valence electrons. The Kier molecular flexibility index (Phi) is 3.50. The zero-order valence-electron chi connectivity index (χ0n) is 9.76. The zero-order chi connectivity index (χ0) is 11.5. The van der Waals surface area contributed by atoms with Gasteiger partial charge in [0.15, 0.2) is 0 Å². The van der Waals surface area contributed by atoms with Gasteiger partial charge in [-0.3, -0.25) is 4.79 Å². The lowest BCUT2D eigenvalue weighted by molar-refractivity contribution is -0.146. The van der Waals surface area contributed by atoms with Gasteiger partial charge in [-0.15, -0.1) is 0 Å². The van der Waals surface area contributed by atoms with Crippen molar-refractivity contribution in [1.82, 2.24) is 9.97 Å². The maximum atomic E-state index is 11.5. The number of H-pyrrole nitrogens is 1. The predicted molar refractivity (Wildman–Crippen MR) is 57.6 cm³/mol. The Bertz CT molecular complexity index is 342. The molecule has 1 rings (SSSR count). The first-order chi connectivity index (χ1) is 7.02. The van der Waals surface area contributed by atoms with Crippen LogP contribution >= 0.6 is 0 Å². The molecule has 4 heteroatoms. The van der Waals surface area contributed by atoms with Gasteiger partial charge in [0.05, 0.1) is 7.11 Å². The molecule has 0 aliphatic rings. The van der Waals surface area contributed by atoms with E-state index in [2.05, 4.69) is 16.9 Å².